The number of nitrogens with zero attached hydrogens (tertiary/aromatic N) is 6. The Balaban J connectivity index is 1.46. The zero-order valence-corrected chi connectivity index (χ0v) is 20.5. The molecule has 194 valence electrons. The number of morpholine rings is 2. The normalized spacial score (nSPS) is 16.2. The van der Waals surface area contributed by atoms with Gasteiger partial charge in [0.1, 0.15) is 0 Å². The van der Waals surface area contributed by atoms with Gasteiger partial charge in [0.05, 0.1) is 46.4 Å². The van der Waals surface area contributed by atoms with Crippen LogP contribution >= 0.6 is 0 Å². The quantitative estimate of drug-likeness (QED) is 0.282. The van der Waals surface area contributed by atoms with E-state index in [0.717, 1.165) is 5.56 Å². The van der Waals surface area contributed by atoms with E-state index < -0.39 is 5.97 Å². The van der Waals surface area contributed by atoms with Crippen molar-refractivity contribution in [1.29, 1.82) is 0 Å². The number of hydrazone groups is 1. The van der Waals surface area contributed by atoms with Gasteiger partial charge in [0, 0.05) is 26.2 Å². The second kappa shape index (κ2) is 12.8. The second-order valence-electron chi connectivity index (χ2n) is 7.83. The highest BCUT2D eigenvalue weighted by Crippen LogP contribution is 2.27. The van der Waals surface area contributed by atoms with Crippen LogP contribution in [0.3, 0.4) is 0 Å². The van der Waals surface area contributed by atoms with Crippen molar-refractivity contribution >= 4 is 30.0 Å². The number of rotatable bonds is 10. The highest BCUT2D eigenvalue weighted by Gasteiger charge is 2.20. The van der Waals surface area contributed by atoms with Crippen molar-refractivity contribution in [3.05, 3.63) is 23.8 Å². The number of carbonyl (C=O) groups excluding carboxylic acids is 1. The van der Waals surface area contributed by atoms with Gasteiger partial charge in [-0.3, -0.25) is 0 Å². The summed E-state index contributed by atoms with van der Waals surface area (Å²) < 4.78 is 26.7. The van der Waals surface area contributed by atoms with Crippen LogP contribution < -0.4 is 24.7 Å². The first-order chi connectivity index (χ1) is 17.7. The zero-order chi connectivity index (χ0) is 25.2. The van der Waals surface area contributed by atoms with Crippen LogP contribution in [0.1, 0.15) is 12.5 Å². The van der Waals surface area contributed by atoms with E-state index in [4.69, 9.17) is 23.7 Å². The van der Waals surface area contributed by atoms with E-state index in [1.54, 1.807) is 31.3 Å². The van der Waals surface area contributed by atoms with E-state index in [1.165, 1.54) is 7.11 Å². The van der Waals surface area contributed by atoms with Crippen LogP contribution in [0.15, 0.2) is 23.3 Å². The molecule has 36 heavy (non-hydrogen) atoms. The Morgan fingerprint density at radius 1 is 1.03 bits per heavy atom. The Labute approximate surface area is 209 Å². The maximum absolute atomic E-state index is 11.6. The van der Waals surface area contributed by atoms with Gasteiger partial charge in [0.2, 0.25) is 17.8 Å². The van der Waals surface area contributed by atoms with E-state index in [9.17, 15) is 4.79 Å². The van der Waals surface area contributed by atoms with Crippen molar-refractivity contribution in [1.82, 2.24) is 15.0 Å². The van der Waals surface area contributed by atoms with E-state index in [0.29, 0.717) is 88.6 Å². The van der Waals surface area contributed by atoms with Crippen LogP contribution in [0.2, 0.25) is 0 Å². The van der Waals surface area contributed by atoms with Crippen molar-refractivity contribution in [2.45, 2.75) is 6.92 Å². The minimum absolute atomic E-state index is 0.199. The average molecular weight is 502 g/mol. The molecule has 13 nitrogen and oxygen atoms in total. The molecule has 2 aliphatic heterocycles. The average Bonchev–Trinajstić information content (AvgIpc) is 2.93. The van der Waals surface area contributed by atoms with Crippen LogP contribution in [0.25, 0.3) is 0 Å². The third-order valence-electron chi connectivity index (χ3n) is 5.42. The fourth-order valence-electron chi connectivity index (χ4n) is 3.60. The number of carbonyl (C=O) groups is 1. The first-order valence-corrected chi connectivity index (χ1v) is 11.8. The molecule has 4 rings (SSSR count). The van der Waals surface area contributed by atoms with Gasteiger partial charge in [0.25, 0.3) is 0 Å². The Hall–Kier alpha value is -3.71. The van der Waals surface area contributed by atoms with Crippen LogP contribution in [-0.2, 0) is 19.0 Å². The molecule has 2 aliphatic rings. The summed E-state index contributed by atoms with van der Waals surface area (Å²) in [6.45, 7) is 7.17. The van der Waals surface area contributed by atoms with Gasteiger partial charge in [-0.05, 0) is 30.7 Å². The van der Waals surface area contributed by atoms with Crippen molar-refractivity contribution < 1.29 is 28.5 Å². The maximum Gasteiger partial charge on any atom is 0.344 e. The van der Waals surface area contributed by atoms with Crippen LogP contribution in [0.5, 0.6) is 11.5 Å². The number of anilines is 3. The summed E-state index contributed by atoms with van der Waals surface area (Å²) in [5, 5.41) is 4.30. The number of hydrogen-bond donors (Lipinski definition) is 1. The lowest BCUT2D eigenvalue weighted by Crippen LogP contribution is -2.40. The van der Waals surface area contributed by atoms with Crippen molar-refractivity contribution in [3.63, 3.8) is 0 Å². The first kappa shape index (κ1) is 25.4. The molecule has 0 unspecified atom stereocenters. The summed E-state index contributed by atoms with van der Waals surface area (Å²) in [6.07, 6.45) is 1.62. The molecular formula is C23H31N7O6. The molecule has 3 heterocycles. The van der Waals surface area contributed by atoms with Crippen molar-refractivity contribution in [2.75, 3.05) is 88.2 Å². The lowest BCUT2D eigenvalue weighted by molar-refractivity contribution is -0.145. The number of ether oxygens (including phenoxy) is 5. The molecule has 0 atom stereocenters. The Kier molecular flexibility index (Phi) is 9.05. The molecule has 2 fully saturated rings. The number of esters is 1. The monoisotopic (exact) mass is 501 g/mol. The highest BCUT2D eigenvalue weighted by molar-refractivity contribution is 5.81. The number of aromatic nitrogens is 3. The van der Waals surface area contributed by atoms with Crippen molar-refractivity contribution in [2.24, 2.45) is 5.10 Å². The summed E-state index contributed by atoms with van der Waals surface area (Å²) in [5.74, 6) is 1.95. The summed E-state index contributed by atoms with van der Waals surface area (Å²) in [4.78, 5) is 29.5. The molecule has 2 saturated heterocycles. The van der Waals surface area contributed by atoms with Gasteiger partial charge in [-0.2, -0.15) is 20.1 Å². The van der Waals surface area contributed by atoms with E-state index in [1.807, 2.05) is 0 Å². The summed E-state index contributed by atoms with van der Waals surface area (Å²) >= 11 is 0. The Bertz CT molecular complexity index is 1010. The topological polar surface area (TPSA) is 133 Å². The predicted octanol–water partition coefficient (Wildman–Crippen LogP) is 0.941. The highest BCUT2D eigenvalue weighted by atomic mass is 16.6. The Morgan fingerprint density at radius 2 is 1.67 bits per heavy atom. The fraction of sp³-hybridized carbons (Fsp3) is 0.522. The number of benzene rings is 1. The van der Waals surface area contributed by atoms with Crippen LogP contribution in [0.4, 0.5) is 17.8 Å². The molecule has 2 aromatic rings. The van der Waals surface area contributed by atoms with E-state index >= 15 is 0 Å². The largest absolute Gasteiger partial charge is 0.493 e. The molecule has 0 aliphatic carbocycles. The van der Waals surface area contributed by atoms with Gasteiger partial charge in [-0.1, -0.05) is 0 Å². The van der Waals surface area contributed by atoms with Gasteiger partial charge < -0.3 is 33.5 Å². The second-order valence-corrected chi connectivity index (χ2v) is 7.83. The fourth-order valence-corrected chi connectivity index (χ4v) is 3.60. The van der Waals surface area contributed by atoms with E-state index in [2.05, 4.69) is 35.3 Å². The third-order valence-corrected chi connectivity index (χ3v) is 5.42. The minimum Gasteiger partial charge on any atom is -0.493 e. The summed E-state index contributed by atoms with van der Waals surface area (Å²) in [5.41, 5.74) is 3.67. The third kappa shape index (κ3) is 6.92. The van der Waals surface area contributed by atoms with Gasteiger partial charge in [-0.15, -0.1) is 0 Å². The maximum atomic E-state index is 11.6. The van der Waals surface area contributed by atoms with Gasteiger partial charge in [-0.25, -0.2) is 10.2 Å². The number of methoxy groups -OCH3 is 1. The first-order valence-electron chi connectivity index (χ1n) is 11.8. The number of nitrogens with one attached hydrogen (secondary N) is 1. The molecule has 0 amide bonds. The molecule has 0 bridgehead atoms. The molecule has 1 aromatic carbocycles. The summed E-state index contributed by atoms with van der Waals surface area (Å²) in [6, 6.07) is 5.24. The SMILES string of the molecule is CCOC(=O)COc1ccc(/C=N\Nc2nc(N3CCOCC3)nc(N3CCOCC3)n2)cc1OC. The molecule has 0 saturated carbocycles. The Morgan fingerprint density at radius 3 is 2.25 bits per heavy atom. The molecule has 1 N–H and O–H groups in total. The molecular weight excluding hydrogens is 470 g/mol. The van der Waals surface area contributed by atoms with Gasteiger partial charge >= 0.3 is 5.97 Å². The smallest absolute Gasteiger partial charge is 0.344 e. The number of hydrogen-bond acceptors (Lipinski definition) is 13. The van der Waals surface area contributed by atoms with E-state index in [-0.39, 0.29) is 6.61 Å². The standard InChI is InChI=1S/C23H31N7O6/c1-3-35-20(31)16-36-18-5-4-17(14-19(18)32-2)15-24-28-21-25-22(29-6-10-33-11-7-29)27-23(26-21)30-8-12-34-13-9-30/h4-5,14-15H,3,6-13,16H2,1-2H3,(H,25,26,27,28)/b24-15-. The lowest BCUT2D eigenvalue weighted by atomic mass is 10.2. The molecule has 1 aromatic heterocycles. The predicted molar refractivity (Wildman–Crippen MR) is 132 cm³/mol. The van der Waals surface area contributed by atoms with Gasteiger partial charge in [0.15, 0.2) is 18.1 Å². The summed E-state index contributed by atoms with van der Waals surface area (Å²) in [7, 11) is 1.52. The van der Waals surface area contributed by atoms with Crippen molar-refractivity contribution in [3.8, 4) is 11.5 Å². The molecule has 0 spiro atoms. The minimum atomic E-state index is -0.445. The lowest BCUT2D eigenvalue weighted by Gasteiger charge is -2.30. The van der Waals surface area contributed by atoms with Crippen LogP contribution in [0, 0.1) is 0 Å². The molecule has 13 heteroatoms. The molecule has 0 radical (unpaired) electrons. The van der Waals surface area contributed by atoms with Crippen LogP contribution in [-0.4, -0.2) is 100 Å². The zero-order valence-electron chi connectivity index (χ0n) is 20.5.